The highest BCUT2D eigenvalue weighted by Gasteiger charge is 2.32. The first-order valence-electron chi connectivity index (χ1n) is 5.83. The molecule has 1 aromatic heterocycles. The van der Waals surface area contributed by atoms with Crippen LogP contribution in [0.1, 0.15) is 30.4 Å². The second-order valence-corrected chi connectivity index (χ2v) is 6.23. The molecule has 0 N–H and O–H groups in total. The summed E-state index contributed by atoms with van der Waals surface area (Å²) in [4.78, 5) is 21.0. The van der Waals surface area contributed by atoms with Crippen LogP contribution in [-0.4, -0.2) is 47.9 Å². The summed E-state index contributed by atoms with van der Waals surface area (Å²) in [5.41, 5.74) is 0.153. The van der Waals surface area contributed by atoms with E-state index >= 15 is 0 Å². The number of anilines is 1. The van der Waals surface area contributed by atoms with E-state index in [4.69, 9.17) is 0 Å². The highest BCUT2D eigenvalue weighted by Crippen LogP contribution is 2.28. The average molecular weight is 253 g/mol. The van der Waals surface area contributed by atoms with Crippen molar-refractivity contribution in [2.45, 2.75) is 26.3 Å². The lowest BCUT2D eigenvalue weighted by Crippen LogP contribution is -2.57. The van der Waals surface area contributed by atoms with Gasteiger partial charge in [0.05, 0.1) is 11.1 Å². The minimum Gasteiger partial charge on any atom is -0.345 e. The van der Waals surface area contributed by atoms with Gasteiger partial charge in [-0.05, 0) is 20.9 Å². The number of hydrogen-bond acceptors (Lipinski definition) is 5. The van der Waals surface area contributed by atoms with Crippen molar-refractivity contribution in [2.75, 3.05) is 31.6 Å². The molecule has 1 aliphatic rings. The third-order valence-electron chi connectivity index (χ3n) is 3.43. The second kappa shape index (κ2) is 4.38. The topological polar surface area (TPSA) is 36.4 Å². The Morgan fingerprint density at radius 3 is 2.71 bits per heavy atom. The summed E-state index contributed by atoms with van der Waals surface area (Å²) < 4.78 is 0. The molecule has 0 aromatic carbocycles. The van der Waals surface area contributed by atoms with Crippen LogP contribution in [0.4, 0.5) is 5.13 Å². The number of piperazine rings is 1. The molecule has 1 saturated heterocycles. The third-order valence-corrected chi connectivity index (χ3v) is 4.59. The smallest absolute Gasteiger partial charge is 0.186 e. The van der Waals surface area contributed by atoms with Crippen LogP contribution < -0.4 is 4.90 Å². The fraction of sp³-hybridized carbons (Fsp3) is 0.667. The predicted octanol–water partition coefficient (Wildman–Crippen LogP) is 1.88. The Labute approximate surface area is 106 Å². The molecular weight excluding hydrogens is 234 g/mol. The zero-order valence-corrected chi connectivity index (χ0v) is 11.7. The Morgan fingerprint density at radius 2 is 2.18 bits per heavy atom. The molecule has 2 heterocycles. The normalized spacial score (nSPS) is 20.6. The van der Waals surface area contributed by atoms with Gasteiger partial charge in [0.25, 0.3) is 0 Å². The number of carbonyl (C=O) groups is 1. The minimum atomic E-state index is 0.0992. The minimum absolute atomic E-state index is 0.0992. The van der Waals surface area contributed by atoms with Gasteiger partial charge in [0.1, 0.15) is 0 Å². The Kier molecular flexibility index (Phi) is 3.23. The van der Waals surface area contributed by atoms with Gasteiger partial charge < -0.3 is 4.90 Å². The van der Waals surface area contributed by atoms with Gasteiger partial charge in [-0.1, -0.05) is 11.3 Å². The number of ketones is 1. The molecule has 0 radical (unpaired) electrons. The lowest BCUT2D eigenvalue weighted by molar-refractivity contribution is 0.102. The van der Waals surface area contributed by atoms with Crippen LogP contribution in [0.3, 0.4) is 0 Å². The summed E-state index contributed by atoms with van der Waals surface area (Å²) in [6, 6.07) is 0. The van der Waals surface area contributed by atoms with Crippen molar-refractivity contribution in [1.82, 2.24) is 9.88 Å². The Balaban J connectivity index is 2.15. The van der Waals surface area contributed by atoms with Crippen LogP contribution in [0.5, 0.6) is 0 Å². The SMILES string of the molecule is CC(=O)c1cnc(N2CCN(C)C(C)(C)C2)s1. The first-order chi connectivity index (χ1) is 7.90. The van der Waals surface area contributed by atoms with Gasteiger partial charge >= 0.3 is 0 Å². The van der Waals surface area contributed by atoms with E-state index in [0.29, 0.717) is 0 Å². The van der Waals surface area contributed by atoms with Crippen LogP contribution in [0.2, 0.25) is 0 Å². The predicted molar refractivity (Wildman–Crippen MR) is 71.0 cm³/mol. The summed E-state index contributed by atoms with van der Waals surface area (Å²) >= 11 is 1.50. The molecule has 0 bridgehead atoms. The lowest BCUT2D eigenvalue weighted by atomic mass is 10.0. The van der Waals surface area contributed by atoms with Gasteiger partial charge in [-0.15, -0.1) is 0 Å². The first-order valence-corrected chi connectivity index (χ1v) is 6.65. The fourth-order valence-corrected chi connectivity index (χ4v) is 2.81. The van der Waals surface area contributed by atoms with E-state index in [1.54, 1.807) is 13.1 Å². The number of likely N-dealkylation sites (N-methyl/N-ethyl adjacent to an activating group) is 1. The van der Waals surface area contributed by atoms with E-state index in [9.17, 15) is 4.79 Å². The van der Waals surface area contributed by atoms with Crippen LogP contribution >= 0.6 is 11.3 Å². The van der Waals surface area contributed by atoms with Crippen LogP contribution in [-0.2, 0) is 0 Å². The fourth-order valence-electron chi connectivity index (χ4n) is 1.98. The summed E-state index contributed by atoms with van der Waals surface area (Å²) in [5.74, 6) is 0.0992. The zero-order chi connectivity index (χ0) is 12.6. The maximum atomic E-state index is 11.3. The molecule has 0 amide bonds. The van der Waals surface area contributed by atoms with E-state index < -0.39 is 0 Å². The Bertz CT molecular complexity index is 427. The van der Waals surface area contributed by atoms with Gasteiger partial charge in [0, 0.05) is 32.1 Å². The maximum absolute atomic E-state index is 11.3. The number of rotatable bonds is 2. The highest BCUT2D eigenvalue weighted by atomic mass is 32.1. The summed E-state index contributed by atoms with van der Waals surface area (Å²) in [6.07, 6.45) is 1.69. The van der Waals surface area contributed by atoms with E-state index in [1.807, 2.05) is 0 Å². The summed E-state index contributed by atoms with van der Waals surface area (Å²) in [5, 5.41) is 0.969. The number of aromatic nitrogens is 1. The van der Waals surface area contributed by atoms with Crippen molar-refractivity contribution in [3.8, 4) is 0 Å². The van der Waals surface area contributed by atoms with Crippen molar-refractivity contribution in [1.29, 1.82) is 0 Å². The van der Waals surface area contributed by atoms with Gasteiger partial charge in [-0.3, -0.25) is 9.69 Å². The molecular formula is C12H19N3OS. The van der Waals surface area contributed by atoms with Crippen molar-refractivity contribution in [3.05, 3.63) is 11.1 Å². The van der Waals surface area contributed by atoms with E-state index in [-0.39, 0.29) is 11.3 Å². The highest BCUT2D eigenvalue weighted by molar-refractivity contribution is 7.17. The molecule has 0 unspecified atom stereocenters. The van der Waals surface area contributed by atoms with Gasteiger partial charge in [0.15, 0.2) is 10.9 Å². The molecule has 17 heavy (non-hydrogen) atoms. The van der Waals surface area contributed by atoms with Crippen molar-refractivity contribution in [2.24, 2.45) is 0 Å². The third kappa shape index (κ3) is 2.50. The molecule has 1 aromatic rings. The summed E-state index contributed by atoms with van der Waals surface area (Å²) in [6.45, 7) is 9.02. The molecule has 2 rings (SSSR count). The van der Waals surface area contributed by atoms with Gasteiger partial charge in [0.2, 0.25) is 0 Å². The number of hydrogen-bond donors (Lipinski definition) is 0. The number of Topliss-reactive ketones (excluding diaryl/α,β-unsaturated/α-hetero) is 1. The summed E-state index contributed by atoms with van der Waals surface area (Å²) in [7, 11) is 2.15. The van der Waals surface area contributed by atoms with E-state index in [2.05, 4.69) is 35.7 Å². The zero-order valence-electron chi connectivity index (χ0n) is 10.9. The molecule has 0 spiro atoms. The molecule has 0 aliphatic carbocycles. The van der Waals surface area contributed by atoms with Crippen molar-refractivity contribution < 1.29 is 4.79 Å². The monoisotopic (exact) mass is 253 g/mol. The molecule has 1 fully saturated rings. The maximum Gasteiger partial charge on any atom is 0.186 e. The molecule has 0 saturated carbocycles. The largest absolute Gasteiger partial charge is 0.345 e. The van der Waals surface area contributed by atoms with Crippen LogP contribution in [0.15, 0.2) is 6.20 Å². The van der Waals surface area contributed by atoms with Gasteiger partial charge in [-0.25, -0.2) is 4.98 Å². The molecule has 0 atom stereocenters. The van der Waals surface area contributed by atoms with Crippen molar-refractivity contribution in [3.63, 3.8) is 0 Å². The van der Waals surface area contributed by atoms with E-state index in [1.165, 1.54) is 11.3 Å². The van der Waals surface area contributed by atoms with E-state index in [0.717, 1.165) is 29.6 Å². The number of nitrogens with zero attached hydrogens (tertiary/aromatic N) is 3. The second-order valence-electron chi connectivity index (χ2n) is 5.22. The van der Waals surface area contributed by atoms with Crippen LogP contribution in [0, 0.1) is 0 Å². The molecule has 1 aliphatic heterocycles. The van der Waals surface area contributed by atoms with Crippen molar-refractivity contribution >= 4 is 22.3 Å². The molecule has 94 valence electrons. The molecule has 5 heteroatoms. The number of thiazole rings is 1. The number of carbonyl (C=O) groups excluding carboxylic acids is 1. The molecule has 4 nitrogen and oxygen atoms in total. The average Bonchev–Trinajstić information content (AvgIpc) is 2.71. The Morgan fingerprint density at radius 1 is 1.47 bits per heavy atom. The van der Waals surface area contributed by atoms with Crippen LogP contribution in [0.25, 0.3) is 0 Å². The first kappa shape index (κ1) is 12.5. The lowest BCUT2D eigenvalue weighted by Gasteiger charge is -2.45. The Hall–Kier alpha value is -0.940. The quantitative estimate of drug-likeness (QED) is 0.754. The van der Waals surface area contributed by atoms with Gasteiger partial charge in [-0.2, -0.15) is 0 Å². The standard InChI is InChI=1S/C12H19N3OS/c1-9(16)10-7-13-11(17-10)15-6-5-14(4)12(2,3)8-15/h7H,5-6,8H2,1-4H3.